The van der Waals surface area contributed by atoms with E-state index in [4.69, 9.17) is 10.00 Å². The van der Waals surface area contributed by atoms with Gasteiger partial charge in [0.1, 0.15) is 0 Å². The Morgan fingerprint density at radius 1 is 1.20 bits per heavy atom. The van der Waals surface area contributed by atoms with Gasteiger partial charge in [0.25, 0.3) is 0 Å². The minimum atomic E-state index is 0.301. The van der Waals surface area contributed by atoms with E-state index in [-0.39, 0.29) is 0 Å². The third-order valence-corrected chi connectivity index (χ3v) is 4.78. The predicted octanol–water partition coefficient (Wildman–Crippen LogP) is 3.13. The quantitative estimate of drug-likeness (QED) is 0.697. The first-order valence-electron chi connectivity index (χ1n) is 6.07. The van der Waals surface area contributed by atoms with Crippen LogP contribution in [0.1, 0.15) is 46.0 Å². The van der Waals surface area contributed by atoms with Crippen LogP contribution in [0.4, 0.5) is 0 Å². The van der Waals surface area contributed by atoms with Crippen LogP contribution >= 0.6 is 0 Å². The Morgan fingerprint density at radius 2 is 1.80 bits per heavy atom. The fourth-order valence-electron chi connectivity index (χ4n) is 3.07. The van der Waals surface area contributed by atoms with Crippen LogP contribution in [0.25, 0.3) is 0 Å². The summed E-state index contributed by atoms with van der Waals surface area (Å²) in [5, 5.41) is 8.96. The van der Waals surface area contributed by atoms with Gasteiger partial charge in [0.05, 0.1) is 19.3 Å². The molecule has 2 aliphatic rings. The lowest BCUT2D eigenvalue weighted by Crippen LogP contribution is -2.48. The van der Waals surface area contributed by atoms with Gasteiger partial charge >= 0.3 is 0 Å². The maximum absolute atomic E-state index is 8.96. The Balaban J connectivity index is 2.02. The Kier molecular flexibility index (Phi) is 2.77. The largest absolute Gasteiger partial charge is 0.380 e. The van der Waals surface area contributed by atoms with Gasteiger partial charge in [-0.25, -0.2) is 0 Å². The standard InChI is InChI=1S/C13H21NO/c1-11(2)13(7-8-14)5-3-12(4-6-13)9-15-10-12/h11H,3-7,9-10H2,1-2H3. The van der Waals surface area contributed by atoms with E-state index >= 15 is 0 Å². The van der Waals surface area contributed by atoms with E-state index in [1.807, 2.05) is 0 Å². The molecule has 15 heavy (non-hydrogen) atoms. The van der Waals surface area contributed by atoms with Crippen molar-refractivity contribution in [1.82, 2.24) is 0 Å². The van der Waals surface area contributed by atoms with Crippen molar-refractivity contribution in [3.63, 3.8) is 0 Å². The van der Waals surface area contributed by atoms with Crippen LogP contribution in [-0.2, 0) is 4.74 Å². The van der Waals surface area contributed by atoms with Gasteiger partial charge in [-0.3, -0.25) is 0 Å². The molecule has 0 amide bonds. The molecule has 2 fully saturated rings. The number of hydrogen-bond acceptors (Lipinski definition) is 2. The molecule has 0 bridgehead atoms. The van der Waals surface area contributed by atoms with E-state index in [0.717, 1.165) is 19.6 Å². The van der Waals surface area contributed by atoms with E-state index in [2.05, 4.69) is 19.9 Å². The van der Waals surface area contributed by atoms with Gasteiger partial charge < -0.3 is 4.74 Å². The third-order valence-electron chi connectivity index (χ3n) is 4.78. The van der Waals surface area contributed by atoms with E-state index in [9.17, 15) is 0 Å². The maximum atomic E-state index is 8.96. The average Bonchev–Trinajstić information content (AvgIpc) is 2.17. The summed E-state index contributed by atoms with van der Waals surface area (Å²) in [5.74, 6) is 0.635. The van der Waals surface area contributed by atoms with Crippen molar-refractivity contribution in [3.05, 3.63) is 0 Å². The Labute approximate surface area is 92.6 Å². The topological polar surface area (TPSA) is 33.0 Å². The molecule has 2 rings (SSSR count). The highest BCUT2D eigenvalue weighted by Gasteiger charge is 2.47. The van der Waals surface area contributed by atoms with E-state index in [1.165, 1.54) is 25.7 Å². The second-order valence-corrected chi connectivity index (χ2v) is 5.84. The Bertz CT molecular complexity index is 263. The molecule has 0 aromatic heterocycles. The van der Waals surface area contributed by atoms with Gasteiger partial charge in [0.15, 0.2) is 0 Å². The minimum absolute atomic E-state index is 0.301. The van der Waals surface area contributed by atoms with Crippen molar-refractivity contribution < 1.29 is 4.74 Å². The van der Waals surface area contributed by atoms with Crippen molar-refractivity contribution in [3.8, 4) is 6.07 Å². The molecule has 2 heteroatoms. The summed E-state index contributed by atoms with van der Waals surface area (Å²) in [7, 11) is 0. The first-order chi connectivity index (χ1) is 7.13. The van der Waals surface area contributed by atoms with Crippen molar-refractivity contribution in [1.29, 1.82) is 5.26 Å². The summed E-state index contributed by atoms with van der Waals surface area (Å²) in [6, 6.07) is 2.39. The molecule has 0 unspecified atom stereocenters. The summed E-state index contributed by atoms with van der Waals surface area (Å²) in [6.45, 7) is 6.47. The first-order valence-corrected chi connectivity index (χ1v) is 6.07. The molecule has 0 radical (unpaired) electrons. The highest BCUT2D eigenvalue weighted by molar-refractivity contribution is 5.00. The van der Waals surface area contributed by atoms with Crippen LogP contribution in [0.3, 0.4) is 0 Å². The molecule has 1 aliphatic heterocycles. The zero-order chi connectivity index (χ0) is 10.9. The summed E-state index contributed by atoms with van der Waals surface area (Å²) in [6.07, 6.45) is 5.73. The molecule has 0 aromatic carbocycles. The Hall–Kier alpha value is -0.550. The van der Waals surface area contributed by atoms with Crippen LogP contribution in [-0.4, -0.2) is 13.2 Å². The predicted molar refractivity (Wildman–Crippen MR) is 59.2 cm³/mol. The van der Waals surface area contributed by atoms with Crippen LogP contribution in [0, 0.1) is 28.1 Å². The van der Waals surface area contributed by atoms with Crippen LogP contribution in [0.2, 0.25) is 0 Å². The monoisotopic (exact) mass is 207 g/mol. The zero-order valence-electron chi connectivity index (χ0n) is 9.88. The molecule has 84 valence electrons. The number of nitriles is 1. The Morgan fingerprint density at radius 3 is 2.13 bits per heavy atom. The normalized spacial score (nSPS) is 27.3. The highest BCUT2D eigenvalue weighted by atomic mass is 16.5. The SMILES string of the molecule is CC(C)C1(CC#N)CCC2(CC1)COC2. The molecule has 0 atom stereocenters. The molecule has 1 aliphatic carbocycles. The van der Waals surface area contributed by atoms with Crippen molar-refractivity contribution in [2.24, 2.45) is 16.7 Å². The molecule has 1 heterocycles. The van der Waals surface area contributed by atoms with Gasteiger partial charge in [0.2, 0.25) is 0 Å². The summed E-state index contributed by atoms with van der Waals surface area (Å²) in [4.78, 5) is 0. The van der Waals surface area contributed by atoms with Gasteiger partial charge in [-0.15, -0.1) is 0 Å². The fraction of sp³-hybridized carbons (Fsp3) is 0.923. The van der Waals surface area contributed by atoms with Crippen molar-refractivity contribution in [2.45, 2.75) is 46.0 Å². The number of rotatable bonds is 2. The smallest absolute Gasteiger partial charge is 0.0627 e. The summed E-state index contributed by atoms with van der Waals surface area (Å²) in [5.41, 5.74) is 0.809. The van der Waals surface area contributed by atoms with Gasteiger partial charge in [-0.1, -0.05) is 13.8 Å². The molecule has 1 saturated heterocycles. The lowest BCUT2D eigenvalue weighted by atomic mass is 9.58. The van der Waals surface area contributed by atoms with Gasteiger partial charge in [-0.05, 0) is 37.0 Å². The molecule has 0 N–H and O–H groups in total. The maximum Gasteiger partial charge on any atom is 0.0627 e. The molecule has 2 nitrogen and oxygen atoms in total. The second kappa shape index (κ2) is 3.79. The number of hydrogen-bond donors (Lipinski definition) is 0. The lowest BCUT2D eigenvalue weighted by Gasteiger charge is -2.51. The molecule has 0 aromatic rings. The molecule has 1 spiro atoms. The van der Waals surface area contributed by atoms with E-state index in [0.29, 0.717) is 16.7 Å². The van der Waals surface area contributed by atoms with E-state index in [1.54, 1.807) is 0 Å². The van der Waals surface area contributed by atoms with Crippen molar-refractivity contribution in [2.75, 3.05) is 13.2 Å². The number of nitrogens with zero attached hydrogens (tertiary/aromatic N) is 1. The number of ether oxygens (including phenoxy) is 1. The van der Waals surface area contributed by atoms with Gasteiger partial charge in [-0.2, -0.15) is 5.26 Å². The first kappa shape index (κ1) is 11.0. The van der Waals surface area contributed by atoms with Crippen molar-refractivity contribution >= 4 is 0 Å². The fourth-order valence-corrected chi connectivity index (χ4v) is 3.07. The second-order valence-electron chi connectivity index (χ2n) is 5.84. The van der Waals surface area contributed by atoms with Gasteiger partial charge in [0, 0.05) is 11.8 Å². The van der Waals surface area contributed by atoms with Crippen LogP contribution in [0.15, 0.2) is 0 Å². The molecular formula is C13H21NO. The summed E-state index contributed by atoms with van der Waals surface area (Å²) < 4.78 is 5.34. The van der Waals surface area contributed by atoms with E-state index < -0.39 is 0 Å². The lowest BCUT2D eigenvalue weighted by molar-refractivity contribution is -0.149. The minimum Gasteiger partial charge on any atom is -0.380 e. The molecule has 1 saturated carbocycles. The molecular weight excluding hydrogens is 186 g/mol. The summed E-state index contributed by atoms with van der Waals surface area (Å²) >= 11 is 0. The van der Waals surface area contributed by atoms with Crippen LogP contribution in [0.5, 0.6) is 0 Å². The average molecular weight is 207 g/mol. The van der Waals surface area contributed by atoms with Crippen LogP contribution < -0.4 is 0 Å². The highest BCUT2D eigenvalue weighted by Crippen LogP contribution is 2.53. The third kappa shape index (κ3) is 1.78. The zero-order valence-corrected chi connectivity index (χ0v) is 9.88.